The first-order valence-corrected chi connectivity index (χ1v) is 12.7. The summed E-state index contributed by atoms with van der Waals surface area (Å²) in [5.74, 6) is 0.460. The van der Waals surface area contributed by atoms with Crippen LogP contribution in [0.4, 0.5) is 17.3 Å². The Hall–Kier alpha value is -2.97. The van der Waals surface area contributed by atoms with Gasteiger partial charge in [-0.15, -0.1) is 0 Å². The Morgan fingerprint density at radius 3 is 2.06 bits per heavy atom. The van der Waals surface area contributed by atoms with Crippen molar-refractivity contribution in [1.29, 1.82) is 0 Å². The van der Waals surface area contributed by atoms with E-state index in [-0.39, 0.29) is 16.1 Å². The minimum absolute atomic E-state index is 0.136. The number of benzene rings is 3. The van der Waals surface area contributed by atoms with Crippen molar-refractivity contribution >= 4 is 54.3 Å². The first kappa shape index (κ1) is 23.2. The highest BCUT2D eigenvalue weighted by molar-refractivity contribution is 9.10. The van der Waals surface area contributed by atoms with E-state index in [1.165, 1.54) is 0 Å². The number of halogens is 1. The number of nitrogens with one attached hydrogen (secondary N) is 2. The molecule has 0 fully saturated rings. The van der Waals surface area contributed by atoms with E-state index in [1.54, 1.807) is 19.1 Å². The molecular formula is C25H25BrN4O2S. The quantitative estimate of drug-likeness (QED) is 0.309. The standard InChI is InChI=1S/C25H25BrN4O2S/c1-16-9-10-17(25(2,3)4)15-22(16)33(31,32)30-24-23(27-19-13-11-18(26)12-14-19)28-20-7-5-6-8-21(20)29-24/h5-15H,1-4H3,(H,27,28)(H,29,30). The molecule has 4 rings (SSSR count). The summed E-state index contributed by atoms with van der Waals surface area (Å²) in [5.41, 5.74) is 3.42. The molecule has 170 valence electrons. The Morgan fingerprint density at radius 2 is 1.45 bits per heavy atom. The summed E-state index contributed by atoms with van der Waals surface area (Å²) in [6.07, 6.45) is 0. The topological polar surface area (TPSA) is 84.0 Å². The van der Waals surface area contributed by atoms with Crippen LogP contribution in [0.25, 0.3) is 11.0 Å². The molecule has 0 unspecified atom stereocenters. The van der Waals surface area contributed by atoms with Gasteiger partial charge < -0.3 is 5.32 Å². The first-order valence-electron chi connectivity index (χ1n) is 10.5. The van der Waals surface area contributed by atoms with Gasteiger partial charge in [-0.1, -0.05) is 61.0 Å². The van der Waals surface area contributed by atoms with Crippen LogP contribution in [0.2, 0.25) is 0 Å². The van der Waals surface area contributed by atoms with Crippen molar-refractivity contribution in [3.8, 4) is 0 Å². The summed E-state index contributed by atoms with van der Waals surface area (Å²) < 4.78 is 30.6. The maximum absolute atomic E-state index is 13.5. The van der Waals surface area contributed by atoms with E-state index in [9.17, 15) is 8.42 Å². The first-order chi connectivity index (χ1) is 15.5. The van der Waals surface area contributed by atoms with Gasteiger partial charge in [0.25, 0.3) is 10.0 Å². The van der Waals surface area contributed by atoms with Crippen LogP contribution in [-0.2, 0) is 15.4 Å². The molecule has 4 aromatic rings. The zero-order chi connectivity index (χ0) is 23.8. The molecule has 1 aromatic heterocycles. The van der Waals surface area contributed by atoms with Gasteiger partial charge >= 0.3 is 0 Å². The summed E-state index contributed by atoms with van der Waals surface area (Å²) in [6, 6.07) is 20.4. The maximum atomic E-state index is 13.5. The number of anilines is 3. The lowest BCUT2D eigenvalue weighted by molar-refractivity contribution is 0.584. The molecule has 0 aliphatic carbocycles. The molecular weight excluding hydrogens is 500 g/mol. The van der Waals surface area contributed by atoms with Gasteiger partial charge in [0.2, 0.25) is 0 Å². The molecule has 0 saturated carbocycles. The monoisotopic (exact) mass is 524 g/mol. The molecule has 0 saturated heterocycles. The lowest BCUT2D eigenvalue weighted by atomic mass is 9.87. The van der Waals surface area contributed by atoms with Gasteiger partial charge in [-0.2, -0.15) is 0 Å². The summed E-state index contributed by atoms with van der Waals surface area (Å²) in [4.78, 5) is 9.44. The molecule has 0 atom stereocenters. The number of rotatable bonds is 5. The Balaban J connectivity index is 1.79. The van der Waals surface area contributed by atoms with E-state index in [0.29, 0.717) is 22.4 Å². The lowest BCUT2D eigenvalue weighted by Crippen LogP contribution is -2.19. The van der Waals surface area contributed by atoms with Crippen LogP contribution in [0.5, 0.6) is 0 Å². The Bertz CT molecular complexity index is 1430. The van der Waals surface area contributed by atoms with E-state index in [0.717, 1.165) is 15.7 Å². The van der Waals surface area contributed by atoms with Crippen LogP contribution in [0.1, 0.15) is 31.9 Å². The van der Waals surface area contributed by atoms with Gasteiger partial charge in [0.15, 0.2) is 11.6 Å². The Morgan fingerprint density at radius 1 is 0.848 bits per heavy atom. The number of nitrogens with zero attached hydrogens (tertiary/aromatic N) is 2. The lowest BCUT2D eigenvalue weighted by Gasteiger charge is -2.21. The second-order valence-electron chi connectivity index (χ2n) is 8.88. The van der Waals surface area contributed by atoms with Crippen LogP contribution in [-0.4, -0.2) is 18.4 Å². The highest BCUT2D eigenvalue weighted by atomic mass is 79.9. The normalized spacial score (nSPS) is 12.0. The molecule has 6 nitrogen and oxygen atoms in total. The fourth-order valence-electron chi connectivity index (χ4n) is 3.37. The van der Waals surface area contributed by atoms with Gasteiger partial charge in [-0.25, -0.2) is 18.4 Å². The molecule has 8 heteroatoms. The van der Waals surface area contributed by atoms with Crippen LogP contribution < -0.4 is 10.0 Å². The summed E-state index contributed by atoms with van der Waals surface area (Å²) >= 11 is 3.42. The number of fused-ring (bicyclic) bond motifs is 1. The third kappa shape index (κ3) is 5.17. The van der Waals surface area contributed by atoms with Gasteiger partial charge in [0.05, 0.1) is 15.9 Å². The molecule has 33 heavy (non-hydrogen) atoms. The second kappa shape index (κ2) is 8.76. The third-order valence-corrected chi connectivity index (χ3v) is 7.26. The van der Waals surface area contributed by atoms with Crippen LogP contribution >= 0.6 is 15.9 Å². The number of hydrogen-bond donors (Lipinski definition) is 2. The zero-order valence-electron chi connectivity index (χ0n) is 18.8. The van der Waals surface area contributed by atoms with E-state index in [1.807, 2.05) is 54.6 Å². The number of hydrogen-bond acceptors (Lipinski definition) is 5. The van der Waals surface area contributed by atoms with Crippen molar-refractivity contribution in [3.05, 3.63) is 82.3 Å². The molecule has 0 amide bonds. The van der Waals surface area contributed by atoms with Crippen molar-refractivity contribution in [2.75, 3.05) is 10.0 Å². The number of aromatic nitrogens is 2. The van der Waals surface area contributed by atoms with E-state index >= 15 is 0 Å². The number of para-hydroxylation sites is 2. The van der Waals surface area contributed by atoms with E-state index in [2.05, 4.69) is 56.7 Å². The summed E-state index contributed by atoms with van der Waals surface area (Å²) in [6.45, 7) is 7.94. The molecule has 3 aromatic carbocycles. The molecule has 1 heterocycles. The summed E-state index contributed by atoms with van der Waals surface area (Å²) in [5, 5.41) is 3.19. The van der Waals surface area contributed by atoms with Crippen LogP contribution in [0, 0.1) is 6.92 Å². The van der Waals surface area contributed by atoms with Crippen LogP contribution in [0.3, 0.4) is 0 Å². The fraction of sp³-hybridized carbons (Fsp3) is 0.200. The van der Waals surface area contributed by atoms with Crippen molar-refractivity contribution in [3.63, 3.8) is 0 Å². The zero-order valence-corrected chi connectivity index (χ0v) is 21.3. The molecule has 0 bridgehead atoms. The van der Waals surface area contributed by atoms with Gasteiger partial charge in [-0.05, 0) is 65.9 Å². The average Bonchev–Trinajstić information content (AvgIpc) is 2.75. The van der Waals surface area contributed by atoms with Crippen molar-refractivity contribution in [2.24, 2.45) is 0 Å². The molecule has 0 radical (unpaired) electrons. The van der Waals surface area contributed by atoms with Gasteiger partial charge in [0, 0.05) is 10.2 Å². The molecule has 0 spiro atoms. The maximum Gasteiger partial charge on any atom is 0.263 e. The smallest absolute Gasteiger partial charge is 0.263 e. The molecule has 2 N–H and O–H groups in total. The predicted octanol–water partition coefficient (Wildman–Crippen LogP) is 6.54. The molecule has 0 aliphatic rings. The van der Waals surface area contributed by atoms with E-state index in [4.69, 9.17) is 0 Å². The number of sulfonamides is 1. The molecule has 0 aliphatic heterocycles. The minimum Gasteiger partial charge on any atom is -0.337 e. The van der Waals surface area contributed by atoms with Gasteiger partial charge in [0.1, 0.15) is 0 Å². The fourth-order valence-corrected chi connectivity index (χ4v) is 4.91. The Kier molecular flexibility index (Phi) is 6.16. The Labute approximate surface area is 202 Å². The second-order valence-corrected chi connectivity index (χ2v) is 11.4. The number of aryl methyl sites for hydroxylation is 1. The largest absolute Gasteiger partial charge is 0.337 e. The minimum atomic E-state index is -3.92. The van der Waals surface area contributed by atoms with Crippen molar-refractivity contribution < 1.29 is 8.42 Å². The third-order valence-electron chi connectivity index (χ3n) is 5.25. The SMILES string of the molecule is Cc1ccc(C(C)(C)C)cc1S(=O)(=O)Nc1nc2ccccc2nc1Nc1ccc(Br)cc1. The summed E-state index contributed by atoms with van der Waals surface area (Å²) in [7, 11) is -3.92. The highest BCUT2D eigenvalue weighted by Gasteiger charge is 2.24. The highest BCUT2D eigenvalue weighted by Crippen LogP contribution is 2.30. The van der Waals surface area contributed by atoms with Gasteiger partial charge in [-0.3, -0.25) is 4.72 Å². The predicted molar refractivity (Wildman–Crippen MR) is 138 cm³/mol. The van der Waals surface area contributed by atoms with E-state index < -0.39 is 10.0 Å². The van der Waals surface area contributed by atoms with Crippen LogP contribution in [0.15, 0.2) is 76.1 Å². The van der Waals surface area contributed by atoms with Crippen molar-refractivity contribution in [1.82, 2.24) is 9.97 Å². The van der Waals surface area contributed by atoms with Crippen molar-refractivity contribution in [2.45, 2.75) is 38.0 Å². The average molecular weight is 525 g/mol.